The molecule has 0 atom stereocenters. The zero-order valence-corrected chi connectivity index (χ0v) is 27.1. The predicted octanol–water partition coefficient (Wildman–Crippen LogP) is 12.3. The fourth-order valence-corrected chi connectivity index (χ4v) is 9.26. The van der Waals surface area contributed by atoms with E-state index in [1.807, 2.05) is 0 Å². The lowest BCUT2D eigenvalue weighted by Gasteiger charge is -2.31. The number of benzene rings is 8. The highest BCUT2D eigenvalue weighted by Gasteiger charge is 2.51. The molecule has 0 N–H and O–H groups in total. The lowest BCUT2D eigenvalue weighted by Crippen LogP contribution is -2.26. The van der Waals surface area contributed by atoms with Gasteiger partial charge in [-0.25, -0.2) is 0 Å². The van der Waals surface area contributed by atoms with Crippen LogP contribution in [-0.2, 0) is 5.41 Å². The van der Waals surface area contributed by atoms with Gasteiger partial charge in [0, 0.05) is 16.5 Å². The molecule has 2 aliphatic carbocycles. The molecule has 1 heteroatoms. The van der Waals surface area contributed by atoms with Gasteiger partial charge in [-0.2, -0.15) is 0 Å². The predicted molar refractivity (Wildman–Crippen MR) is 205 cm³/mol. The summed E-state index contributed by atoms with van der Waals surface area (Å²) >= 11 is 0. The molecule has 0 saturated heterocycles. The molecule has 1 heterocycles. The second-order valence-corrected chi connectivity index (χ2v) is 13.7. The highest BCUT2D eigenvalue weighted by Crippen LogP contribution is 2.63. The Balaban J connectivity index is 1.20. The Morgan fingerprint density at radius 3 is 1.80 bits per heavy atom. The summed E-state index contributed by atoms with van der Waals surface area (Å²) in [6, 6.07) is 63.6. The van der Waals surface area contributed by atoms with Crippen LogP contribution in [0.2, 0.25) is 0 Å². The SMILES string of the molecule is Cc1ccc2c(c1)C1(c3ccccc3-c3ccccc31)c1cc(-c3ccc4c(c3)c3c5ccccc5ccc3n4-c3ccccc3)ccc1-2. The summed E-state index contributed by atoms with van der Waals surface area (Å²) in [5, 5.41) is 5.13. The summed E-state index contributed by atoms with van der Waals surface area (Å²) in [6.45, 7) is 2.22. The van der Waals surface area contributed by atoms with Crippen LogP contribution in [0, 0.1) is 6.92 Å². The second-order valence-electron chi connectivity index (χ2n) is 13.7. The molecule has 228 valence electrons. The van der Waals surface area contributed by atoms with Crippen molar-refractivity contribution in [3.8, 4) is 39.1 Å². The third-order valence-corrected chi connectivity index (χ3v) is 11.2. The van der Waals surface area contributed by atoms with Gasteiger partial charge in [-0.05, 0) is 110 Å². The van der Waals surface area contributed by atoms with E-state index in [1.165, 1.54) is 99.5 Å². The van der Waals surface area contributed by atoms with Crippen LogP contribution in [0.4, 0.5) is 0 Å². The molecule has 1 aromatic heterocycles. The monoisotopic (exact) mass is 621 g/mol. The summed E-state index contributed by atoms with van der Waals surface area (Å²) in [4.78, 5) is 0. The van der Waals surface area contributed by atoms with E-state index >= 15 is 0 Å². The number of hydrogen-bond donors (Lipinski definition) is 0. The van der Waals surface area contributed by atoms with Crippen LogP contribution in [0.3, 0.4) is 0 Å². The van der Waals surface area contributed by atoms with Crippen molar-refractivity contribution in [2.45, 2.75) is 12.3 Å². The Morgan fingerprint density at radius 1 is 0.408 bits per heavy atom. The highest BCUT2D eigenvalue weighted by molar-refractivity contribution is 6.22. The maximum absolute atomic E-state index is 2.50. The summed E-state index contributed by atoms with van der Waals surface area (Å²) in [5.74, 6) is 0. The molecule has 0 fully saturated rings. The highest BCUT2D eigenvalue weighted by atomic mass is 15.0. The lowest BCUT2D eigenvalue weighted by molar-refractivity contribution is 0.793. The quantitative estimate of drug-likeness (QED) is 0.181. The van der Waals surface area contributed by atoms with Crippen LogP contribution >= 0.6 is 0 Å². The minimum atomic E-state index is -0.358. The van der Waals surface area contributed by atoms with Crippen LogP contribution in [0.25, 0.3) is 71.6 Å². The maximum Gasteiger partial charge on any atom is 0.0725 e. The van der Waals surface area contributed by atoms with Crippen molar-refractivity contribution in [1.29, 1.82) is 0 Å². The van der Waals surface area contributed by atoms with E-state index in [0.29, 0.717) is 0 Å². The van der Waals surface area contributed by atoms with Crippen LogP contribution in [0.15, 0.2) is 170 Å². The minimum absolute atomic E-state index is 0.358. The van der Waals surface area contributed by atoms with Crippen molar-refractivity contribution in [2.75, 3.05) is 0 Å². The molecule has 9 aromatic rings. The smallest absolute Gasteiger partial charge is 0.0725 e. The van der Waals surface area contributed by atoms with Crippen molar-refractivity contribution in [3.63, 3.8) is 0 Å². The zero-order chi connectivity index (χ0) is 32.3. The van der Waals surface area contributed by atoms with Crippen molar-refractivity contribution < 1.29 is 0 Å². The first-order valence-electron chi connectivity index (χ1n) is 17.2. The fourth-order valence-electron chi connectivity index (χ4n) is 9.26. The number of aromatic nitrogens is 1. The average molecular weight is 622 g/mol. The molecule has 11 rings (SSSR count). The number of hydrogen-bond acceptors (Lipinski definition) is 0. The van der Waals surface area contributed by atoms with Gasteiger partial charge < -0.3 is 4.57 Å². The van der Waals surface area contributed by atoms with E-state index in [-0.39, 0.29) is 5.41 Å². The third kappa shape index (κ3) is 3.44. The van der Waals surface area contributed by atoms with Gasteiger partial charge in [0.15, 0.2) is 0 Å². The van der Waals surface area contributed by atoms with Crippen molar-refractivity contribution in [2.24, 2.45) is 0 Å². The summed E-state index contributed by atoms with van der Waals surface area (Å²) in [5.41, 5.74) is 17.9. The number of nitrogens with zero attached hydrogens (tertiary/aromatic N) is 1. The standard InChI is InChI=1S/C48H31N/c1-30-19-23-38-39-24-20-33(29-44(39)48(43(38)27-30)41-17-9-7-15-36(41)37-16-8-10-18-42(37)48)32-22-25-45-40(28-32)47-35-14-6-5-11-31(35)21-26-46(47)49(45)34-12-3-2-4-13-34/h2-29H,1H3. The first kappa shape index (κ1) is 26.8. The Morgan fingerprint density at radius 2 is 1.00 bits per heavy atom. The topological polar surface area (TPSA) is 4.93 Å². The fraction of sp³-hybridized carbons (Fsp3) is 0.0417. The molecule has 0 radical (unpaired) electrons. The van der Waals surface area contributed by atoms with Gasteiger partial charge in [-0.15, -0.1) is 0 Å². The largest absolute Gasteiger partial charge is 0.309 e. The number of fused-ring (bicyclic) bond motifs is 15. The maximum atomic E-state index is 2.50. The molecule has 0 saturated carbocycles. The van der Waals surface area contributed by atoms with Crippen molar-refractivity contribution in [3.05, 3.63) is 198 Å². The molecule has 8 aromatic carbocycles. The molecule has 0 aliphatic heterocycles. The summed E-state index contributed by atoms with van der Waals surface area (Å²) in [6.07, 6.45) is 0. The van der Waals surface area contributed by atoms with E-state index < -0.39 is 0 Å². The number of aryl methyl sites for hydroxylation is 1. The van der Waals surface area contributed by atoms with Crippen molar-refractivity contribution >= 4 is 32.6 Å². The van der Waals surface area contributed by atoms with E-state index in [1.54, 1.807) is 0 Å². The molecule has 0 amide bonds. The first-order valence-corrected chi connectivity index (χ1v) is 17.2. The number of rotatable bonds is 2. The summed E-state index contributed by atoms with van der Waals surface area (Å²) in [7, 11) is 0. The Hall–Kier alpha value is -6.18. The molecule has 49 heavy (non-hydrogen) atoms. The second kappa shape index (κ2) is 9.69. The molecular weight excluding hydrogens is 591 g/mol. The Labute approximate surface area is 285 Å². The molecule has 1 spiro atoms. The normalized spacial score (nSPS) is 13.6. The van der Waals surface area contributed by atoms with E-state index in [9.17, 15) is 0 Å². The van der Waals surface area contributed by atoms with Crippen LogP contribution in [0.5, 0.6) is 0 Å². The first-order chi connectivity index (χ1) is 24.2. The van der Waals surface area contributed by atoms with Gasteiger partial charge >= 0.3 is 0 Å². The lowest BCUT2D eigenvalue weighted by atomic mass is 9.70. The van der Waals surface area contributed by atoms with E-state index in [0.717, 1.165) is 0 Å². The van der Waals surface area contributed by atoms with Crippen molar-refractivity contribution in [1.82, 2.24) is 4.57 Å². The van der Waals surface area contributed by atoms with Crippen LogP contribution in [0.1, 0.15) is 27.8 Å². The molecule has 0 unspecified atom stereocenters. The van der Waals surface area contributed by atoms with Gasteiger partial charge in [-0.3, -0.25) is 0 Å². The van der Waals surface area contributed by atoms with Gasteiger partial charge in [0.2, 0.25) is 0 Å². The minimum Gasteiger partial charge on any atom is -0.309 e. The van der Waals surface area contributed by atoms with Gasteiger partial charge in [0.05, 0.1) is 16.4 Å². The van der Waals surface area contributed by atoms with E-state index in [2.05, 4.69) is 181 Å². The molecule has 0 bridgehead atoms. The Bertz CT molecular complexity index is 2790. The van der Waals surface area contributed by atoms with Crippen LogP contribution < -0.4 is 0 Å². The Kier molecular flexibility index (Phi) is 5.31. The number of para-hydroxylation sites is 1. The van der Waals surface area contributed by atoms with Gasteiger partial charge in [0.1, 0.15) is 0 Å². The average Bonchev–Trinajstić information content (AvgIpc) is 3.76. The van der Waals surface area contributed by atoms with E-state index in [4.69, 9.17) is 0 Å². The van der Waals surface area contributed by atoms with Gasteiger partial charge in [-0.1, -0.05) is 139 Å². The molecule has 1 nitrogen and oxygen atoms in total. The van der Waals surface area contributed by atoms with Gasteiger partial charge in [0.25, 0.3) is 0 Å². The van der Waals surface area contributed by atoms with Crippen LogP contribution in [-0.4, -0.2) is 4.57 Å². The summed E-state index contributed by atoms with van der Waals surface area (Å²) < 4.78 is 2.42. The zero-order valence-electron chi connectivity index (χ0n) is 27.1. The molecular formula is C48H31N. The third-order valence-electron chi connectivity index (χ3n) is 11.2. The molecule has 2 aliphatic rings.